The number of fused-ring (bicyclic) bond motifs is 1. The highest BCUT2D eigenvalue weighted by molar-refractivity contribution is 5.06. The summed E-state index contributed by atoms with van der Waals surface area (Å²) in [7, 11) is 0. The summed E-state index contributed by atoms with van der Waals surface area (Å²) >= 11 is 0. The molecule has 0 unspecified atom stereocenters. The Balaban J connectivity index is 1.51. The van der Waals surface area contributed by atoms with Gasteiger partial charge in [0.1, 0.15) is 5.82 Å². The molecule has 3 heteroatoms. The summed E-state index contributed by atoms with van der Waals surface area (Å²) < 4.78 is 2.35. The van der Waals surface area contributed by atoms with Crippen molar-refractivity contribution in [3.63, 3.8) is 0 Å². The van der Waals surface area contributed by atoms with Crippen molar-refractivity contribution in [1.82, 2.24) is 14.9 Å². The molecule has 0 spiro atoms. The zero-order valence-corrected chi connectivity index (χ0v) is 9.91. The molecule has 1 saturated carbocycles. The quantitative estimate of drug-likeness (QED) is 0.838. The first kappa shape index (κ1) is 10.3. The predicted octanol–water partition coefficient (Wildman–Crippen LogP) is 1.90. The first-order chi connectivity index (χ1) is 7.92. The summed E-state index contributed by atoms with van der Waals surface area (Å²) in [5, 5.41) is 3.60. The molecule has 1 aliphatic heterocycles. The van der Waals surface area contributed by atoms with Gasteiger partial charge in [-0.1, -0.05) is 6.42 Å². The molecule has 0 saturated heterocycles. The zero-order valence-electron chi connectivity index (χ0n) is 9.91. The predicted molar refractivity (Wildman–Crippen MR) is 64.5 cm³/mol. The van der Waals surface area contributed by atoms with E-state index in [0.717, 1.165) is 19.0 Å². The van der Waals surface area contributed by atoms with Crippen molar-refractivity contribution in [3.8, 4) is 0 Å². The van der Waals surface area contributed by atoms with Gasteiger partial charge < -0.3 is 9.88 Å². The lowest BCUT2D eigenvalue weighted by molar-refractivity contribution is 0.341. The maximum Gasteiger partial charge on any atom is 0.108 e. The Kier molecular flexibility index (Phi) is 2.96. The molecule has 1 aromatic heterocycles. The molecular formula is C13H21N3. The Bertz CT molecular complexity index is 329. The van der Waals surface area contributed by atoms with E-state index in [1.54, 1.807) is 0 Å². The van der Waals surface area contributed by atoms with E-state index in [-0.39, 0.29) is 0 Å². The molecule has 1 fully saturated rings. The molecule has 2 aliphatic rings. The normalized spacial score (nSPS) is 20.5. The van der Waals surface area contributed by atoms with Crippen molar-refractivity contribution in [2.24, 2.45) is 0 Å². The first-order valence-electron chi connectivity index (χ1n) is 6.70. The number of hydrogen-bond acceptors (Lipinski definition) is 2. The van der Waals surface area contributed by atoms with E-state index < -0.39 is 0 Å². The van der Waals surface area contributed by atoms with Gasteiger partial charge in [0.25, 0.3) is 0 Å². The molecule has 0 amide bonds. The number of nitrogens with one attached hydrogen (secondary N) is 1. The summed E-state index contributed by atoms with van der Waals surface area (Å²) in [6, 6.07) is 0.803. The van der Waals surface area contributed by atoms with Crippen molar-refractivity contribution in [1.29, 1.82) is 0 Å². The highest BCUT2D eigenvalue weighted by Crippen LogP contribution is 2.18. The van der Waals surface area contributed by atoms with Crippen LogP contribution in [0.5, 0.6) is 0 Å². The number of nitrogens with zero attached hydrogens (tertiary/aromatic N) is 2. The highest BCUT2D eigenvalue weighted by Gasteiger charge is 2.16. The number of hydrogen-bond donors (Lipinski definition) is 1. The standard InChI is InChI=1S/C13H21N3/c1-2-9-16-10-12(15-13(16)6-1)7-8-14-11-4-3-5-11/h10-11,14H,1-9H2. The molecular weight excluding hydrogens is 198 g/mol. The van der Waals surface area contributed by atoms with Crippen molar-refractivity contribution < 1.29 is 0 Å². The van der Waals surface area contributed by atoms with Crippen molar-refractivity contribution in [3.05, 3.63) is 17.7 Å². The Morgan fingerprint density at radius 1 is 1.31 bits per heavy atom. The number of aryl methyl sites for hydroxylation is 2. The molecule has 16 heavy (non-hydrogen) atoms. The molecule has 0 bridgehead atoms. The molecule has 1 N–H and O–H groups in total. The van der Waals surface area contributed by atoms with Crippen LogP contribution in [0, 0.1) is 0 Å². The van der Waals surface area contributed by atoms with E-state index >= 15 is 0 Å². The Hall–Kier alpha value is -0.830. The fraction of sp³-hybridized carbons (Fsp3) is 0.769. The number of imidazole rings is 1. The van der Waals surface area contributed by atoms with E-state index in [1.807, 2.05) is 0 Å². The smallest absolute Gasteiger partial charge is 0.108 e. The van der Waals surface area contributed by atoms with Gasteiger partial charge in [0.2, 0.25) is 0 Å². The van der Waals surface area contributed by atoms with Crippen LogP contribution in [0.15, 0.2) is 6.20 Å². The van der Waals surface area contributed by atoms with Crippen LogP contribution >= 0.6 is 0 Å². The monoisotopic (exact) mass is 219 g/mol. The van der Waals surface area contributed by atoms with Crippen molar-refractivity contribution in [2.45, 2.75) is 57.5 Å². The molecule has 88 valence electrons. The topological polar surface area (TPSA) is 29.9 Å². The second kappa shape index (κ2) is 4.58. The Morgan fingerprint density at radius 3 is 3.00 bits per heavy atom. The van der Waals surface area contributed by atoms with Crippen molar-refractivity contribution in [2.75, 3.05) is 6.54 Å². The van der Waals surface area contributed by atoms with Crippen LogP contribution in [0.2, 0.25) is 0 Å². The lowest BCUT2D eigenvalue weighted by atomic mass is 9.93. The molecule has 0 aromatic carbocycles. The van der Waals surface area contributed by atoms with Crippen LogP contribution in [0.4, 0.5) is 0 Å². The minimum atomic E-state index is 0.803. The fourth-order valence-corrected chi connectivity index (χ4v) is 2.61. The maximum absolute atomic E-state index is 4.71. The molecule has 0 atom stereocenters. The van der Waals surface area contributed by atoms with Gasteiger partial charge in [0, 0.05) is 38.2 Å². The van der Waals surface area contributed by atoms with Gasteiger partial charge in [-0.3, -0.25) is 0 Å². The average Bonchev–Trinajstić information content (AvgIpc) is 2.64. The third kappa shape index (κ3) is 2.14. The van der Waals surface area contributed by atoms with Gasteiger partial charge in [-0.25, -0.2) is 4.98 Å². The van der Waals surface area contributed by atoms with Gasteiger partial charge in [-0.15, -0.1) is 0 Å². The van der Waals surface area contributed by atoms with Crippen LogP contribution in [-0.4, -0.2) is 22.1 Å². The van der Waals surface area contributed by atoms with E-state index in [4.69, 9.17) is 4.98 Å². The average molecular weight is 219 g/mol. The first-order valence-corrected chi connectivity index (χ1v) is 6.70. The summed E-state index contributed by atoms with van der Waals surface area (Å²) in [6.07, 6.45) is 11.3. The van der Waals surface area contributed by atoms with Gasteiger partial charge in [0.05, 0.1) is 5.69 Å². The molecule has 3 rings (SSSR count). The molecule has 2 heterocycles. The second-order valence-electron chi connectivity index (χ2n) is 5.13. The Morgan fingerprint density at radius 2 is 2.25 bits per heavy atom. The SMILES string of the molecule is c1c(CCNC2CCC2)nc2n1CCCC2. The fourth-order valence-electron chi connectivity index (χ4n) is 2.61. The van der Waals surface area contributed by atoms with E-state index in [2.05, 4.69) is 16.1 Å². The van der Waals surface area contributed by atoms with Gasteiger partial charge in [0.15, 0.2) is 0 Å². The van der Waals surface area contributed by atoms with Gasteiger partial charge in [-0.05, 0) is 25.7 Å². The molecule has 1 aliphatic carbocycles. The number of rotatable bonds is 4. The third-order valence-electron chi connectivity index (χ3n) is 3.88. The van der Waals surface area contributed by atoms with Gasteiger partial charge in [-0.2, -0.15) is 0 Å². The van der Waals surface area contributed by atoms with E-state index in [0.29, 0.717) is 0 Å². The lowest BCUT2D eigenvalue weighted by Crippen LogP contribution is -2.36. The summed E-state index contributed by atoms with van der Waals surface area (Å²) in [5.74, 6) is 1.31. The van der Waals surface area contributed by atoms with Crippen LogP contribution in [0.25, 0.3) is 0 Å². The number of aromatic nitrogens is 2. The Labute approximate surface area is 97.3 Å². The summed E-state index contributed by atoms with van der Waals surface area (Å²) in [4.78, 5) is 4.71. The van der Waals surface area contributed by atoms with E-state index in [1.165, 1.54) is 56.6 Å². The summed E-state index contributed by atoms with van der Waals surface area (Å²) in [6.45, 7) is 2.28. The largest absolute Gasteiger partial charge is 0.335 e. The molecule has 3 nitrogen and oxygen atoms in total. The third-order valence-corrected chi connectivity index (χ3v) is 3.88. The highest BCUT2D eigenvalue weighted by atomic mass is 15.1. The summed E-state index contributed by atoms with van der Waals surface area (Å²) in [5.41, 5.74) is 1.28. The van der Waals surface area contributed by atoms with Crippen molar-refractivity contribution >= 4 is 0 Å². The lowest BCUT2D eigenvalue weighted by Gasteiger charge is -2.26. The van der Waals surface area contributed by atoms with Gasteiger partial charge >= 0.3 is 0 Å². The zero-order chi connectivity index (χ0) is 10.8. The molecule has 0 radical (unpaired) electrons. The minimum absolute atomic E-state index is 0.803. The minimum Gasteiger partial charge on any atom is -0.335 e. The maximum atomic E-state index is 4.71. The van der Waals surface area contributed by atoms with Crippen LogP contribution in [0.3, 0.4) is 0 Å². The van der Waals surface area contributed by atoms with Crippen LogP contribution in [-0.2, 0) is 19.4 Å². The van der Waals surface area contributed by atoms with Crippen LogP contribution in [0.1, 0.15) is 43.6 Å². The molecule has 1 aromatic rings. The van der Waals surface area contributed by atoms with E-state index in [9.17, 15) is 0 Å². The van der Waals surface area contributed by atoms with Crippen LogP contribution < -0.4 is 5.32 Å². The second-order valence-corrected chi connectivity index (χ2v) is 5.13.